The van der Waals surface area contributed by atoms with Gasteiger partial charge in [0.15, 0.2) is 0 Å². The number of carbonyl (C=O) groups is 1. The van der Waals surface area contributed by atoms with Gasteiger partial charge in [0, 0.05) is 17.6 Å². The van der Waals surface area contributed by atoms with Gasteiger partial charge in [0.2, 0.25) is 0 Å². The fourth-order valence-electron chi connectivity index (χ4n) is 2.37. The molecule has 0 saturated carbocycles. The van der Waals surface area contributed by atoms with Gasteiger partial charge in [-0.05, 0) is 45.1 Å². The third-order valence-corrected chi connectivity index (χ3v) is 3.64. The van der Waals surface area contributed by atoms with Crippen molar-refractivity contribution in [2.75, 3.05) is 27.2 Å². The minimum atomic E-state index is -0.0146. The number of carbonyl (C=O) groups excluding carboxylic acids is 1. The first-order valence-corrected chi connectivity index (χ1v) is 7.81. The molecular weight excluding hydrogens is 274 g/mol. The molecule has 0 spiro atoms. The number of aromatic nitrogens is 1. The summed E-state index contributed by atoms with van der Waals surface area (Å²) in [5.41, 5.74) is 2.56. The average molecular weight is 299 g/mol. The van der Waals surface area contributed by atoms with Gasteiger partial charge in [-0.3, -0.25) is 9.78 Å². The molecule has 0 radical (unpaired) electrons. The molecule has 0 aliphatic carbocycles. The lowest BCUT2D eigenvalue weighted by Gasteiger charge is -2.13. The largest absolute Gasteiger partial charge is 0.352 e. The molecule has 22 heavy (non-hydrogen) atoms. The summed E-state index contributed by atoms with van der Waals surface area (Å²) in [6.45, 7) is 5.84. The van der Waals surface area contributed by atoms with Crippen LogP contribution in [0.25, 0.3) is 10.9 Å². The van der Waals surface area contributed by atoms with Crippen molar-refractivity contribution in [3.05, 3.63) is 41.6 Å². The minimum Gasteiger partial charge on any atom is -0.352 e. The summed E-state index contributed by atoms with van der Waals surface area (Å²) in [4.78, 5) is 19.3. The summed E-state index contributed by atoms with van der Waals surface area (Å²) in [7, 11) is 4.07. The van der Waals surface area contributed by atoms with Crippen LogP contribution in [-0.2, 0) is 0 Å². The lowest BCUT2D eigenvalue weighted by molar-refractivity contribution is 0.0954. The van der Waals surface area contributed by atoms with E-state index < -0.39 is 0 Å². The van der Waals surface area contributed by atoms with Gasteiger partial charge in [-0.15, -0.1) is 0 Å². The maximum atomic E-state index is 12.5. The molecule has 1 aromatic carbocycles. The Bertz CT molecular complexity index is 650. The molecule has 1 amide bonds. The average Bonchev–Trinajstić information content (AvgIpc) is 2.50. The van der Waals surface area contributed by atoms with Gasteiger partial charge in [0.05, 0.1) is 11.1 Å². The molecule has 0 unspecified atom stereocenters. The summed E-state index contributed by atoms with van der Waals surface area (Å²) in [6.07, 6.45) is 0.943. The first-order chi connectivity index (χ1) is 10.5. The topological polar surface area (TPSA) is 45.2 Å². The van der Waals surface area contributed by atoms with Crippen LogP contribution >= 0.6 is 0 Å². The lowest BCUT2D eigenvalue weighted by atomic mass is 10.0. The molecule has 0 aliphatic heterocycles. The number of nitrogens with zero attached hydrogens (tertiary/aromatic N) is 2. The first kappa shape index (κ1) is 16.4. The molecule has 2 rings (SSSR count). The van der Waals surface area contributed by atoms with Crippen molar-refractivity contribution >= 4 is 16.8 Å². The van der Waals surface area contributed by atoms with Crippen LogP contribution in [0.1, 0.15) is 42.2 Å². The number of amides is 1. The monoisotopic (exact) mass is 299 g/mol. The highest BCUT2D eigenvalue weighted by atomic mass is 16.1. The summed E-state index contributed by atoms with van der Waals surface area (Å²) in [6, 6.07) is 9.75. The molecule has 1 aromatic heterocycles. The zero-order chi connectivity index (χ0) is 16.1. The third-order valence-electron chi connectivity index (χ3n) is 3.64. The van der Waals surface area contributed by atoms with E-state index in [-0.39, 0.29) is 5.91 Å². The second-order valence-electron chi connectivity index (χ2n) is 6.18. The summed E-state index contributed by atoms with van der Waals surface area (Å²) < 4.78 is 0. The Hall–Kier alpha value is -1.94. The second-order valence-corrected chi connectivity index (χ2v) is 6.18. The highest BCUT2D eigenvalue weighted by Gasteiger charge is 2.13. The number of pyridine rings is 1. The molecule has 1 heterocycles. The fraction of sp³-hybridized carbons (Fsp3) is 0.444. The number of rotatable bonds is 6. The fourth-order valence-corrected chi connectivity index (χ4v) is 2.37. The Kier molecular flexibility index (Phi) is 5.50. The first-order valence-electron chi connectivity index (χ1n) is 7.81. The number of hydrogen-bond donors (Lipinski definition) is 1. The molecule has 2 aromatic rings. The van der Waals surface area contributed by atoms with Crippen molar-refractivity contribution in [3.63, 3.8) is 0 Å². The minimum absolute atomic E-state index is 0.0146. The van der Waals surface area contributed by atoms with Gasteiger partial charge in [-0.2, -0.15) is 0 Å². The van der Waals surface area contributed by atoms with Crippen molar-refractivity contribution in [2.24, 2.45) is 0 Å². The predicted octanol–water partition coefficient (Wildman–Crippen LogP) is 3.04. The highest BCUT2D eigenvalue weighted by molar-refractivity contribution is 6.06. The molecule has 0 fully saturated rings. The zero-order valence-electron chi connectivity index (χ0n) is 13.9. The van der Waals surface area contributed by atoms with Crippen LogP contribution < -0.4 is 5.32 Å². The second kappa shape index (κ2) is 7.36. The Balaban J connectivity index is 2.23. The van der Waals surface area contributed by atoms with E-state index in [2.05, 4.69) is 29.0 Å². The van der Waals surface area contributed by atoms with Crippen molar-refractivity contribution in [2.45, 2.75) is 26.2 Å². The quantitative estimate of drug-likeness (QED) is 0.834. The normalized spacial score (nSPS) is 11.4. The van der Waals surface area contributed by atoms with Gasteiger partial charge in [0.1, 0.15) is 0 Å². The van der Waals surface area contributed by atoms with E-state index in [9.17, 15) is 4.79 Å². The van der Waals surface area contributed by atoms with Crippen molar-refractivity contribution in [1.82, 2.24) is 15.2 Å². The van der Waals surface area contributed by atoms with E-state index in [1.165, 1.54) is 0 Å². The zero-order valence-corrected chi connectivity index (χ0v) is 13.9. The molecule has 118 valence electrons. The van der Waals surface area contributed by atoms with Crippen molar-refractivity contribution in [3.8, 4) is 0 Å². The van der Waals surface area contributed by atoms with Crippen molar-refractivity contribution in [1.29, 1.82) is 0 Å². The smallest absolute Gasteiger partial charge is 0.252 e. The summed E-state index contributed by atoms with van der Waals surface area (Å²) >= 11 is 0. The van der Waals surface area contributed by atoms with Gasteiger partial charge in [-0.1, -0.05) is 32.0 Å². The number of nitrogens with one attached hydrogen (secondary N) is 1. The molecule has 4 nitrogen and oxygen atoms in total. The van der Waals surface area contributed by atoms with Crippen LogP contribution in [0.2, 0.25) is 0 Å². The summed E-state index contributed by atoms with van der Waals surface area (Å²) in [5.74, 6) is 0.282. The van der Waals surface area contributed by atoms with E-state index >= 15 is 0 Å². The Labute approximate surface area is 132 Å². The number of hydrogen-bond acceptors (Lipinski definition) is 3. The van der Waals surface area contributed by atoms with Crippen molar-refractivity contribution < 1.29 is 4.79 Å². The Morgan fingerprint density at radius 2 is 2.00 bits per heavy atom. The van der Waals surface area contributed by atoms with Gasteiger partial charge < -0.3 is 10.2 Å². The molecule has 0 bridgehead atoms. The maximum Gasteiger partial charge on any atom is 0.252 e. The Morgan fingerprint density at radius 3 is 2.68 bits per heavy atom. The SMILES string of the molecule is CC(C)c1cc(C(=O)NCCCN(C)C)c2ccccc2n1. The third kappa shape index (κ3) is 4.04. The predicted molar refractivity (Wildman–Crippen MR) is 91.3 cm³/mol. The summed E-state index contributed by atoms with van der Waals surface area (Å²) in [5, 5.41) is 3.93. The molecule has 4 heteroatoms. The Morgan fingerprint density at radius 1 is 1.27 bits per heavy atom. The number of fused-ring (bicyclic) bond motifs is 1. The van der Waals surface area contributed by atoms with E-state index in [0.29, 0.717) is 12.5 Å². The van der Waals surface area contributed by atoms with Crippen LogP contribution in [0.4, 0.5) is 0 Å². The highest BCUT2D eigenvalue weighted by Crippen LogP contribution is 2.22. The molecule has 1 N–H and O–H groups in total. The van der Waals surface area contributed by atoms with Crippen LogP contribution in [0, 0.1) is 0 Å². The van der Waals surface area contributed by atoms with E-state index in [4.69, 9.17) is 0 Å². The van der Waals surface area contributed by atoms with E-state index in [1.54, 1.807) is 0 Å². The lowest BCUT2D eigenvalue weighted by Crippen LogP contribution is -2.27. The molecular formula is C18H25N3O. The molecule has 0 saturated heterocycles. The maximum absolute atomic E-state index is 12.5. The molecule has 0 aliphatic rings. The standard InChI is InChI=1S/C18H25N3O/c1-13(2)17-12-15(14-8-5-6-9-16(14)20-17)18(22)19-10-7-11-21(3)4/h5-6,8-9,12-13H,7,10-11H2,1-4H3,(H,19,22). The van der Waals surface area contributed by atoms with Crippen LogP contribution in [0.15, 0.2) is 30.3 Å². The van der Waals surface area contributed by atoms with E-state index in [0.717, 1.165) is 35.1 Å². The van der Waals surface area contributed by atoms with Crippen LogP contribution in [-0.4, -0.2) is 43.0 Å². The van der Waals surface area contributed by atoms with Crippen LogP contribution in [0.5, 0.6) is 0 Å². The van der Waals surface area contributed by atoms with Crippen LogP contribution in [0.3, 0.4) is 0 Å². The van der Waals surface area contributed by atoms with Gasteiger partial charge in [0.25, 0.3) is 5.91 Å². The molecule has 0 atom stereocenters. The van der Waals surface area contributed by atoms with E-state index in [1.807, 2.05) is 44.4 Å². The van der Waals surface area contributed by atoms with Gasteiger partial charge >= 0.3 is 0 Å². The van der Waals surface area contributed by atoms with Gasteiger partial charge in [-0.25, -0.2) is 0 Å². The number of benzene rings is 1. The number of para-hydroxylation sites is 1.